The van der Waals surface area contributed by atoms with E-state index in [0.717, 1.165) is 57.1 Å². The van der Waals surface area contributed by atoms with Crippen LogP contribution in [0.25, 0.3) is 0 Å². The molecule has 1 aliphatic heterocycles. The monoisotopic (exact) mass is 280 g/mol. The molecule has 1 atom stereocenters. The van der Waals surface area contributed by atoms with Gasteiger partial charge in [-0.3, -0.25) is 0 Å². The number of nitrogens with zero attached hydrogens (tertiary/aromatic N) is 2. The van der Waals surface area contributed by atoms with E-state index in [1.54, 1.807) is 7.11 Å². The van der Waals surface area contributed by atoms with Crippen LogP contribution in [0.15, 0.2) is 6.07 Å². The predicted molar refractivity (Wildman–Crippen MR) is 79.2 cm³/mol. The molecular weight excluding hydrogens is 256 g/mol. The highest BCUT2D eigenvalue weighted by molar-refractivity contribution is 5.42. The van der Waals surface area contributed by atoms with Crippen molar-refractivity contribution < 1.29 is 9.47 Å². The Morgan fingerprint density at radius 2 is 2.30 bits per heavy atom. The van der Waals surface area contributed by atoms with Gasteiger partial charge < -0.3 is 20.1 Å². The highest BCUT2D eigenvalue weighted by Crippen LogP contribution is 2.14. The number of anilines is 2. The summed E-state index contributed by atoms with van der Waals surface area (Å²) in [4.78, 5) is 8.86. The fourth-order valence-electron chi connectivity index (χ4n) is 2.18. The third-order valence-corrected chi connectivity index (χ3v) is 3.20. The number of ether oxygens (including phenoxy) is 2. The van der Waals surface area contributed by atoms with E-state index < -0.39 is 0 Å². The van der Waals surface area contributed by atoms with Crippen molar-refractivity contribution in [2.45, 2.75) is 32.3 Å². The molecule has 1 saturated heterocycles. The van der Waals surface area contributed by atoms with E-state index in [-0.39, 0.29) is 6.10 Å². The molecule has 1 unspecified atom stereocenters. The third-order valence-electron chi connectivity index (χ3n) is 3.20. The van der Waals surface area contributed by atoms with Crippen molar-refractivity contribution in [1.29, 1.82) is 0 Å². The number of hydrogen-bond donors (Lipinski definition) is 2. The van der Waals surface area contributed by atoms with Gasteiger partial charge in [-0.1, -0.05) is 0 Å². The molecule has 1 aromatic heterocycles. The number of rotatable bonds is 8. The van der Waals surface area contributed by atoms with Crippen molar-refractivity contribution >= 4 is 11.8 Å². The lowest BCUT2D eigenvalue weighted by molar-refractivity contribution is 0.120. The van der Waals surface area contributed by atoms with E-state index >= 15 is 0 Å². The van der Waals surface area contributed by atoms with E-state index in [2.05, 4.69) is 20.6 Å². The molecule has 0 saturated carbocycles. The maximum absolute atomic E-state index is 5.58. The Morgan fingerprint density at radius 1 is 1.40 bits per heavy atom. The molecule has 112 valence electrons. The van der Waals surface area contributed by atoms with E-state index in [0.29, 0.717) is 5.95 Å². The van der Waals surface area contributed by atoms with Crippen LogP contribution < -0.4 is 10.6 Å². The molecule has 0 radical (unpaired) electrons. The van der Waals surface area contributed by atoms with Crippen LogP contribution in [0, 0.1) is 6.92 Å². The van der Waals surface area contributed by atoms with Gasteiger partial charge in [0.2, 0.25) is 5.95 Å². The van der Waals surface area contributed by atoms with Gasteiger partial charge in [0, 0.05) is 45.2 Å². The maximum Gasteiger partial charge on any atom is 0.224 e. The van der Waals surface area contributed by atoms with E-state index in [4.69, 9.17) is 9.47 Å². The molecule has 0 aliphatic carbocycles. The molecule has 0 amide bonds. The van der Waals surface area contributed by atoms with E-state index in [1.807, 2.05) is 13.0 Å². The zero-order valence-corrected chi connectivity index (χ0v) is 12.3. The fraction of sp³-hybridized carbons (Fsp3) is 0.714. The second-order valence-corrected chi connectivity index (χ2v) is 5.01. The van der Waals surface area contributed by atoms with Gasteiger partial charge in [-0.25, -0.2) is 4.98 Å². The normalized spacial score (nSPS) is 18.2. The van der Waals surface area contributed by atoms with E-state index in [9.17, 15) is 0 Å². The molecule has 6 heteroatoms. The second kappa shape index (κ2) is 8.01. The van der Waals surface area contributed by atoms with Crippen LogP contribution in [0.5, 0.6) is 0 Å². The molecule has 0 aromatic carbocycles. The van der Waals surface area contributed by atoms with Crippen LogP contribution >= 0.6 is 0 Å². The van der Waals surface area contributed by atoms with Crippen molar-refractivity contribution in [3.63, 3.8) is 0 Å². The zero-order valence-electron chi connectivity index (χ0n) is 12.3. The van der Waals surface area contributed by atoms with Gasteiger partial charge in [-0.2, -0.15) is 4.98 Å². The molecule has 1 aromatic rings. The maximum atomic E-state index is 5.58. The largest absolute Gasteiger partial charge is 0.385 e. The van der Waals surface area contributed by atoms with Crippen molar-refractivity contribution in [2.24, 2.45) is 0 Å². The number of methoxy groups -OCH3 is 1. The van der Waals surface area contributed by atoms with Gasteiger partial charge in [-0.05, 0) is 26.2 Å². The summed E-state index contributed by atoms with van der Waals surface area (Å²) in [7, 11) is 1.71. The molecule has 20 heavy (non-hydrogen) atoms. The van der Waals surface area contributed by atoms with Crippen LogP contribution in [0.2, 0.25) is 0 Å². The molecule has 2 N–H and O–H groups in total. The summed E-state index contributed by atoms with van der Waals surface area (Å²) >= 11 is 0. The average molecular weight is 280 g/mol. The number of aromatic nitrogens is 2. The molecule has 1 fully saturated rings. The first kappa shape index (κ1) is 15.0. The van der Waals surface area contributed by atoms with Crippen LogP contribution in [0.3, 0.4) is 0 Å². The lowest BCUT2D eigenvalue weighted by Crippen LogP contribution is -2.20. The lowest BCUT2D eigenvalue weighted by Gasteiger charge is -2.12. The second-order valence-electron chi connectivity index (χ2n) is 5.01. The van der Waals surface area contributed by atoms with Gasteiger partial charge in [0.1, 0.15) is 5.82 Å². The van der Waals surface area contributed by atoms with Gasteiger partial charge in [0.15, 0.2) is 0 Å². The standard InChI is InChI=1S/C14H24N4O2/c1-11-9-13(15-6-4-7-19-2)18-14(17-11)16-10-12-5-3-8-20-12/h9,12H,3-8,10H2,1-2H3,(H2,15,16,17,18). The van der Waals surface area contributed by atoms with Gasteiger partial charge >= 0.3 is 0 Å². The van der Waals surface area contributed by atoms with Gasteiger partial charge in [-0.15, -0.1) is 0 Å². The van der Waals surface area contributed by atoms with E-state index in [1.165, 1.54) is 0 Å². The van der Waals surface area contributed by atoms with Crippen LogP contribution in [0.1, 0.15) is 25.0 Å². The van der Waals surface area contributed by atoms with Gasteiger partial charge in [0.25, 0.3) is 0 Å². The Kier molecular flexibility index (Phi) is 6.01. The number of hydrogen-bond acceptors (Lipinski definition) is 6. The van der Waals surface area contributed by atoms with Crippen LogP contribution in [0.4, 0.5) is 11.8 Å². The van der Waals surface area contributed by atoms with Gasteiger partial charge in [0.05, 0.1) is 6.10 Å². The molecule has 1 aliphatic rings. The minimum atomic E-state index is 0.289. The van der Waals surface area contributed by atoms with Crippen molar-refractivity contribution in [3.8, 4) is 0 Å². The predicted octanol–water partition coefficient (Wildman–Crippen LogP) is 1.82. The SMILES string of the molecule is COCCCNc1cc(C)nc(NCC2CCCO2)n1. The average Bonchev–Trinajstić information content (AvgIpc) is 2.94. The van der Waals surface area contributed by atoms with Crippen molar-refractivity contribution in [1.82, 2.24) is 9.97 Å². The lowest BCUT2D eigenvalue weighted by atomic mass is 10.2. The van der Waals surface area contributed by atoms with Crippen molar-refractivity contribution in [3.05, 3.63) is 11.8 Å². The first-order valence-corrected chi connectivity index (χ1v) is 7.22. The zero-order chi connectivity index (χ0) is 14.2. The highest BCUT2D eigenvalue weighted by atomic mass is 16.5. The summed E-state index contributed by atoms with van der Waals surface area (Å²) in [5.41, 5.74) is 0.948. The molecular formula is C14H24N4O2. The Labute approximate surface area is 120 Å². The molecule has 2 rings (SSSR count). The third kappa shape index (κ3) is 4.94. The van der Waals surface area contributed by atoms with Crippen LogP contribution in [-0.4, -0.2) is 49.5 Å². The first-order valence-electron chi connectivity index (χ1n) is 7.22. The van der Waals surface area contributed by atoms with Crippen LogP contribution in [-0.2, 0) is 9.47 Å². The Bertz CT molecular complexity index is 408. The summed E-state index contributed by atoms with van der Waals surface area (Å²) in [5, 5.41) is 6.54. The summed E-state index contributed by atoms with van der Waals surface area (Å²) in [6.45, 7) is 5.20. The summed E-state index contributed by atoms with van der Waals surface area (Å²) in [6, 6.07) is 1.95. The fourth-order valence-corrected chi connectivity index (χ4v) is 2.18. The highest BCUT2D eigenvalue weighted by Gasteiger charge is 2.15. The summed E-state index contributed by atoms with van der Waals surface area (Å²) in [6.07, 6.45) is 3.50. The quantitative estimate of drug-likeness (QED) is 0.708. The Morgan fingerprint density at radius 3 is 3.05 bits per heavy atom. The molecule has 6 nitrogen and oxygen atoms in total. The number of aryl methyl sites for hydroxylation is 1. The molecule has 0 spiro atoms. The smallest absolute Gasteiger partial charge is 0.224 e. The Hall–Kier alpha value is -1.40. The Balaban J connectivity index is 1.83. The summed E-state index contributed by atoms with van der Waals surface area (Å²) < 4.78 is 10.6. The molecule has 2 heterocycles. The minimum absolute atomic E-state index is 0.289. The summed E-state index contributed by atoms with van der Waals surface area (Å²) in [5.74, 6) is 1.51. The topological polar surface area (TPSA) is 68.3 Å². The molecule has 0 bridgehead atoms. The minimum Gasteiger partial charge on any atom is -0.385 e. The number of nitrogens with one attached hydrogen (secondary N) is 2. The van der Waals surface area contributed by atoms with Crippen molar-refractivity contribution in [2.75, 3.05) is 44.0 Å². The first-order chi connectivity index (χ1) is 9.78.